The van der Waals surface area contributed by atoms with Crippen molar-refractivity contribution in [3.63, 3.8) is 0 Å². The fourth-order valence-corrected chi connectivity index (χ4v) is 2.44. The van der Waals surface area contributed by atoms with E-state index in [1.54, 1.807) is 12.1 Å². The summed E-state index contributed by atoms with van der Waals surface area (Å²) in [6, 6.07) is 13.3. The van der Waals surface area contributed by atoms with Crippen LogP contribution in [0.2, 0.25) is 0 Å². The van der Waals surface area contributed by atoms with Crippen molar-refractivity contribution < 1.29 is 9.53 Å². The summed E-state index contributed by atoms with van der Waals surface area (Å²) in [5.41, 5.74) is 3.65. The predicted octanol–water partition coefficient (Wildman–Crippen LogP) is 5.12. The van der Waals surface area contributed by atoms with Crippen molar-refractivity contribution in [1.29, 1.82) is 0 Å². The van der Waals surface area contributed by atoms with Gasteiger partial charge in [0, 0.05) is 11.3 Å². The van der Waals surface area contributed by atoms with Crippen LogP contribution in [-0.2, 0) is 0 Å². The van der Waals surface area contributed by atoms with E-state index in [0.29, 0.717) is 5.56 Å². The highest BCUT2D eigenvalue weighted by Crippen LogP contribution is 2.21. The van der Waals surface area contributed by atoms with Gasteiger partial charge < -0.3 is 10.1 Å². The summed E-state index contributed by atoms with van der Waals surface area (Å²) in [6.45, 7) is 6.89. The molecular weight excluding hydrogens is 286 g/mol. The van der Waals surface area contributed by atoms with Crippen molar-refractivity contribution in [2.45, 2.75) is 40.0 Å². The van der Waals surface area contributed by atoms with Gasteiger partial charge in [0.1, 0.15) is 5.75 Å². The number of hydrogen-bond acceptors (Lipinski definition) is 2. The zero-order valence-corrected chi connectivity index (χ0v) is 14.2. The second kappa shape index (κ2) is 8.37. The number of carbonyl (C=O) groups is 1. The number of unbranched alkanes of at least 4 members (excludes halogenated alkanes) is 2. The first kappa shape index (κ1) is 17.1. The molecule has 3 heteroatoms. The second-order valence-electron chi connectivity index (χ2n) is 5.80. The van der Waals surface area contributed by atoms with Crippen molar-refractivity contribution in [3.8, 4) is 5.75 Å². The molecule has 0 aromatic heterocycles. The summed E-state index contributed by atoms with van der Waals surface area (Å²) in [7, 11) is 0. The minimum atomic E-state index is -0.0973. The van der Waals surface area contributed by atoms with Crippen LogP contribution in [-0.4, -0.2) is 12.5 Å². The van der Waals surface area contributed by atoms with E-state index in [4.69, 9.17) is 4.74 Å². The number of ether oxygens (including phenoxy) is 1. The molecule has 0 aliphatic rings. The van der Waals surface area contributed by atoms with E-state index in [0.717, 1.165) is 35.6 Å². The van der Waals surface area contributed by atoms with Crippen LogP contribution in [0, 0.1) is 13.8 Å². The minimum Gasteiger partial charge on any atom is -0.494 e. The number of amides is 1. The van der Waals surface area contributed by atoms with E-state index in [1.807, 2.05) is 44.2 Å². The van der Waals surface area contributed by atoms with E-state index < -0.39 is 0 Å². The van der Waals surface area contributed by atoms with E-state index >= 15 is 0 Å². The Balaban J connectivity index is 1.97. The number of benzene rings is 2. The number of carbonyl (C=O) groups excluding carboxylic acids is 1. The molecule has 1 amide bonds. The summed E-state index contributed by atoms with van der Waals surface area (Å²) in [6.07, 6.45) is 3.42. The Hall–Kier alpha value is -2.29. The Bertz CT molecular complexity index is 627. The molecule has 1 N–H and O–H groups in total. The molecule has 0 heterocycles. The molecule has 2 aromatic rings. The van der Waals surface area contributed by atoms with Crippen LogP contribution in [0.4, 0.5) is 5.69 Å². The largest absolute Gasteiger partial charge is 0.494 e. The van der Waals surface area contributed by atoms with Gasteiger partial charge in [-0.25, -0.2) is 0 Å². The zero-order chi connectivity index (χ0) is 16.7. The van der Waals surface area contributed by atoms with Crippen LogP contribution in [0.15, 0.2) is 42.5 Å². The van der Waals surface area contributed by atoms with Gasteiger partial charge in [0.25, 0.3) is 5.91 Å². The lowest BCUT2D eigenvalue weighted by atomic mass is 10.1. The molecule has 0 aliphatic carbocycles. The molecule has 2 rings (SSSR count). The van der Waals surface area contributed by atoms with Crippen LogP contribution >= 0.6 is 0 Å². The van der Waals surface area contributed by atoms with Crippen molar-refractivity contribution in [3.05, 3.63) is 59.2 Å². The van der Waals surface area contributed by atoms with Gasteiger partial charge in [-0.2, -0.15) is 0 Å². The van der Waals surface area contributed by atoms with Crippen LogP contribution in [0.25, 0.3) is 0 Å². The van der Waals surface area contributed by atoms with E-state index in [-0.39, 0.29) is 5.91 Å². The van der Waals surface area contributed by atoms with Gasteiger partial charge in [0.2, 0.25) is 0 Å². The van der Waals surface area contributed by atoms with Crippen LogP contribution < -0.4 is 10.1 Å². The van der Waals surface area contributed by atoms with E-state index in [2.05, 4.69) is 12.2 Å². The lowest BCUT2D eigenvalue weighted by Crippen LogP contribution is -2.13. The topological polar surface area (TPSA) is 38.3 Å². The highest BCUT2D eigenvalue weighted by molar-refractivity contribution is 6.05. The number of nitrogens with one attached hydrogen (secondary N) is 1. The Labute approximate surface area is 138 Å². The molecule has 0 aliphatic heterocycles. The molecule has 0 saturated heterocycles. The first-order valence-electron chi connectivity index (χ1n) is 8.22. The van der Waals surface area contributed by atoms with E-state index in [9.17, 15) is 4.79 Å². The molecule has 0 fully saturated rings. The molecule has 0 spiro atoms. The maximum atomic E-state index is 12.4. The molecular formula is C20H25NO2. The fraction of sp³-hybridized carbons (Fsp3) is 0.350. The number of aryl methyl sites for hydroxylation is 2. The Morgan fingerprint density at radius 3 is 2.26 bits per heavy atom. The number of para-hydroxylation sites is 1. The number of rotatable bonds is 7. The van der Waals surface area contributed by atoms with Crippen molar-refractivity contribution >= 4 is 11.6 Å². The predicted molar refractivity (Wildman–Crippen MR) is 95.3 cm³/mol. The van der Waals surface area contributed by atoms with E-state index in [1.165, 1.54) is 12.8 Å². The average Bonchev–Trinajstić information content (AvgIpc) is 2.55. The third-order valence-electron chi connectivity index (χ3n) is 3.85. The zero-order valence-electron chi connectivity index (χ0n) is 14.2. The third-order valence-corrected chi connectivity index (χ3v) is 3.85. The molecule has 0 radical (unpaired) electrons. The number of hydrogen-bond donors (Lipinski definition) is 1. The molecule has 122 valence electrons. The molecule has 2 aromatic carbocycles. The minimum absolute atomic E-state index is 0.0973. The van der Waals surface area contributed by atoms with Gasteiger partial charge >= 0.3 is 0 Å². The maximum Gasteiger partial charge on any atom is 0.255 e. The maximum absolute atomic E-state index is 12.4. The van der Waals surface area contributed by atoms with Gasteiger partial charge in [-0.3, -0.25) is 4.79 Å². The summed E-state index contributed by atoms with van der Waals surface area (Å²) in [5.74, 6) is 0.713. The molecule has 0 atom stereocenters. The lowest BCUT2D eigenvalue weighted by Gasteiger charge is -2.12. The highest BCUT2D eigenvalue weighted by Gasteiger charge is 2.09. The van der Waals surface area contributed by atoms with Gasteiger partial charge in [-0.15, -0.1) is 0 Å². The van der Waals surface area contributed by atoms with Crippen LogP contribution in [0.3, 0.4) is 0 Å². The van der Waals surface area contributed by atoms with Crippen LogP contribution in [0.5, 0.6) is 5.75 Å². The quantitative estimate of drug-likeness (QED) is 0.720. The summed E-state index contributed by atoms with van der Waals surface area (Å²) >= 11 is 0. The highest BCUT2D eigenvalue weighted by atomic mass is 16.5. The normalized spacial score (nSPS) is 10.4. The second-order valence-corrected chi connectivity index (χ2v) is 5.80. The fourth-order valence-electron chi connectivity index (χ4n) is 2.44. The first-order valence-corrected chi connectivity index (χ1v) is 8.22. The molecule has 0 bridgehead atoms. The SMILES string of the molecule is CCCCCOc1ccc(C(=O)Nc2c(C)cccc2C)cc1. The van der Waals surface area contributed by atoms with Gasteiger partial charge in [-0.1, -0.05) is 38.0 Å². The van der Waals surface area contributed by atoms with Crippen molar-refractivity contribution in [2.75, 3.05) is 11.9 Å². The average molecular weight is 311 g/mol. The molecule has 0 saturated carbocycles. The van der Waals surface area contributed by atoms with Gasteiger partial charge in [-0.05, 0) is 55.7 Å². The summed E-state index contributed by atoms with van der Waals surface area (Å²) < 4.78 is 5.67. The Morgan fingerprint density at radius 1 is 1.00 bits per heavy atom. The monoisotopic (exact) mass is 311 g/mol. The third kappa shape index (κ3) is 4.85. The van der Waals surface area contributed by atoms with Crippen molar-refractivity contribution in [2.24, 2.45) is 0 Å². The first-order chi connectivity index (χ1) is 11.1. The number of anilines is 1. The Kier molecular flexibility index (Phi) is 6.21. The van der Waals surface area contributed by atoms with Crippen molar-refractivity contribution in [1.82, 2.24) is 0 Å². The smallest absolute Gasteiger partial charge is 0.255 e. The summed E-state index contributed by atoms with van der Waals surface area (Å²) in [4.78, 5) is 12.4. The molecule has 0 unspecified atom stereocenters. The lowest BCUT2D eigenvalue weighted by molar-refractivity contribution is 0.102. The van der Waals surface area contributed by atoms with Crippen LogP contribution in [0.1, 0.15) is 47.7 Å². The van der Waals surface area contributed by atoms with Gasteiger partial charge in [0.05, 0.1) is 6.61 Å². The molecule has 3 nitrogen and oxygen atoms in total. The Morgan fingerprint density at radius 2 is 1.65 bits per heavy atom. The summed E-state index contributed by atoms with van der Waals surface area (Å²) in [5, 5.41) is 2.99. The molecule has 23 heavy (non-hydrogen) atoms. The van der Waals surface area contributed by atoms with Gasteiger partial charge in [0.15, 0.2) is 0 Å². The standard InChI is InChI=1S/C20H25NO2/c1-4-5-6-14-23-18-12-10-17(11-13-18)20(22)21-19-15(2)8-7-9-16(19)3/h7-13H,4-6,14H2,1-3H3,(H,21,22).